The zero-order valence-corrected chi connectivity index (χ0v) is 17.3. The van der Waals surface area contributed by atoms with Gasteiger partial charge in [-0.25, -0.2) is 4.79 Å². The number of rotatable bonds is 8. The lowest BCUT2D eigenvalue weighted by molar-refractivity contribution is -0.116. The third-order valence-electron chi connectivity index (χ3n) is 4.64. The summed E-state index contributed by atoms with van der Waals surface area (Å²) < 4.78 is 4.80. The Morgan fingerprint density at radius 2 is 1.54 bits per heavy atom. The van der Waals surface area contributed by atoms with Crippen LogP contribution in [0.15, 0.2) is 42.5 Å². The molecule has 5 heteroatoms. The van der Waals surface area contributed by atoms with Gasteiger partial charge in [0.15, 0.2) is 0 Å². The van der Waals surface area contributed by atoms with Crippen molar-refractivity contribution in [2.45, 2.75) is 46.0 Å². The number of carbonyl (C=O) groups excluding carboxylic acids is 2. The molecular weight excluding hydrogens is 352 g/mol. The highest BCUT2D eigenvalue weighted by molar-refractivity contribution is 5.96. The smallest absolute Gasteiger partial charge is 0.339 e. The van der Waals surface area contributed by atoms with E-state index in [-0.39, 0.29) is 5.91 Å². The topological polar surface area (TPSA) is 67.4 Å². The van der Waals surface area contributed by atoms with Crippen molar-refractivity contribution in [3.8, 4) is 0 Å². The largest absolute Gasteiger partial charge is 0.465 e. The number of ether oxygens (including phenoxy) is 1. The summed E-state index contributed by atoms with van der Waals surface area (Å²) in [5.74, 6) is 0.177. The van der Waals surface area contributed by atoms with E-state index in [1.165, 1.54) is 7.11 Å². The first-order valence-electron chi connectivity index (χ1n) is 9.69. The van der Waals surface area contributed by atoms with Crippen LogP contribution in [0.2, 0.25) is 0 Å². The van der Waals surface area contributed by atoms with Gasteiger partial charge in [-0.15, -0.1) is 0 Å². The predicted molar refractivity (Wildman–Crippen MR) is 114 cm³/mol. The van der Waals surface area contributed by atoms with Gasteiger partial charge >= 0.3 is 5.97 Å². The highest BCUT2D eigenvalue weighted by Gasteiger charge is 2.16. The van der Waals surface area contributed by atoms with Crippen LogP contribution in [-0.4, -0.2) is 25.5 Å². The molecule has 0 radical (unpaired) electrons. The van der Waals surface area contributed by atoms with Crippen LogP contribution in [-0.2, 0) is 9.53 Å². The van der Waals surface area contributed by atoms with Crippen LogP contribution < -0.4 is 10.6 Å². The summed E-state index contributed by atoms with van der Waals surface area (Å²) in [6, 6.07) is 13.3. The Labute approximate surface area is 167 Å². The molecule has 0 unspecified atom stereocenters. The van der Waals surface area contributed by atoms with Crippen molar-refractivity contribution < 1.29 is 14.3 Å². The second kappa shape index (κ2) is 9.93. The van der Waals surface area contributed by atoms with Crippen LogP contribution >= 0.6 is 0 Å². The summed E-state index contributed by atoms with van der Waals surface area (Å²) in [5.41, 5.74) is 4.32. The minimum Gasteiger partial charge on any atom is -0.465 e. The molecule has 2 aromatic rings. The third kappa shape index (κ3) is 5.35. The molecule has 0 heterocycles. The minimum absolute atomic E-state index is 0.0574. The number of nitrogens with one attached hydrogen (secondary N) is 2. The second-order valence-electron chi connectivity index (χ2n) is 7.38. The first-order valence-corrected chi connectivity index (χ1v) is 9.69. The quantitative estimate of drug-likeness (QED) is 0.619. The Morgan fingerprint density at radius 1 is 0.929 bits per heavy atom. The van der Waals surface area contributed by atoms with Gasteiger partial charge in [0.1, 0.15) is 0 Å². The molecular formula is C23H30N2O3. The van der Waals surface area contributed by atoms with Crippen molar-refractivity contribution in [2.75, 3.05) is 24.3 Å². The van der Waals surface area contributed by atoms with Crippen molar-refractivity contribution in [1.82, 2.24) is 0 Å². The van der Waals surface area contributed by atoms with Gasteiger partial charge in [0, 0.05) is 24.3 Å². The van der Waals surface area contributed by atoms with Crippen molar-refractivity contribution in [1.29, 1.82) is 0 Å². The van der Waals surface area contributed by atoms with Crippen LogP contribution in [0.1, 0.15) is 67.4 Å². The monoisotopic (exact) mass is 382 g/mol. The molecule has 0 saturated heterocycles. The Balaban J connectivity index is 2.06. The summed E-state index contributed by atoms with van der Waals surface area (Å²) in [7, 11) is 1.35. The fourth-order valence-corrected chi connectivity index (χ4v) is 3.13. The van der Waals surface area contributed by atoms with Gasteiger partial charge in [-0.1, -0.05) is 58.0 Å². The van der Waals surface area contributed by atoms with Crippen LogP contribution in [0.5, 0.6) is 0 Å². The Morgan fingerprint density at radius 3 is 2.11 bits per heavy atom. The van der Waals surface area contributed by atoms with Gasteiger partial charge < -0.3 is 15.4 Å². The molecule has 0 atom stereocenters. The van der Waals surface area contributed by atoms with Crippen molar-refractivity contribution in [3.63, 3.8) is 0 Å². The van der Waals surface area contributed by atoms with Crippen molar-refractivity contribution in [2.24, 2.45) is 0 Å². The van der Waals surface area contributed by atoms with E-state index >= 15 is 0 Å². The van der Waals surface area contributed by atoms with E-state index < -0.39 is 5.97 Å². The Kier molecular flexibility index (Phi) is 7.61. The van der Waals surface area contributed by atoms with Crippen molar-refractivity contribution >= 4 is 23.3 Å². The van der Waals surface area contributed by atoms with E-state index in [2.05, 4.69) is 50.5 Å². The van der Waals surface area contributed by atoms with E-state index in [4.69, 9.17) is 4.74 Å². The van der Waals surface area contributed by atoms with Crippen molar-refractivity contribution in [3.05, 3.63) is 59.2 Å². The third-order valence-corrected chi connectivity index (χ3v) is 4.64. The molecule has 0 aliphatic carbocycles. The SMILES string of the molecule is COC(=O)c1ccccc1NCCC(=O)Nc1c(C(C)C)cccc1C(C)C. The van der Waals surface area contributed by atoms with Gasteiger partial charge in [0.25, 0.3) is 0 Å². The van der Waals surface area contributed by atoms with E-state index in [0.717, 1.165) is 16.8 Å². The number of hydrogen-bond donors (Lipinski definition) is 2. The first-order chi connectivity index (χ1) is 13.3. The molecule has 0 aromatic heterocycles. The van der Waals surface area contributed by atoms with E-state index in [9.17, 15) is 9.59 Å². The minimum atomic E-state index is -0.403. The summed E-state index contributed by atoms with van der Waals surface area (Å²) in [5, 5.41) is 6.26. The fraction of sp³-hybridized carbons (Fsp3) is 0.391. The van der Waals surface area contributed by atoms with Gasteiger partial charge in [-0.05, 0) is 35.1 Å². The normalized spacial score (nSPS) is 10.8. The molecule has 150 valence electrons. The predicted octanol–water partition coefficient (Wildman–Crippen LogP) is 5.16. The van der Waals surface area contributed by atoms with E-state index in [0.29, 0.717) is 36.1 Å². The summed E-state index contributed by atoms with van der Waals surface area (Å²) in [6.45, 7) is 8.92. The lowest BCUT2D eigenvalue weighted by Crippen LogP contribution is -2.19. The van der Waals surface area contributed by atoms with Gasteiger partial charge in [-0.3, -0.25) is 4.79 Å². The standard InChI is InChI=1S/C23H30N2O3/c1-15(2)17-10-8-11-18(16(3)4)22(17)25-21(26)13-14-24-20-12-7-6-9-19(20)23(27)28-5/h6-12,15-16,24H,13-14H2,1-5H3,(H,25,26). The average molecular weight is 383 g/mol. The summed E-state index contributed by atoms with van der Waals surface area (Å²) >= 11 is 0. The number of esters is 1. The number of carbonyl (C=O) groups is 2. The number of methoxy groups -OCH3 is 1. The Hall–Kier alpha value is -2.82. The lowest BCUT2D eigenvalue weighted by Gasteiger charge is -2.20. The highest BCUT2D eigenvalue weighted by Crippen LogP contribution is 2.32. The Bertz CT molecular complexity index is 802. The summed E-state index contributed by atoms with van der Waals surface area (Å²) in [4.78, 5) is 24.4. The molecule has 0 bridgehead atoms. The number of amides is 1. The average Bonchev–Trinajstić information content (AvgIpc) is 2.67. The number of para-hydroxylation sites is 2. The molecule has 28 heavy (non-hydrogen) atoms. The van der Waals surface area contributed by atoms with Crippen LogP contribution in [0.4, 0.5) is 11.4 Å². The lowest BCUT2D eigenvalue weighted by atomic mass is 9.92. The molecule has 0 fully saturated rings. The molecule has 0 spiro atoms. The van der Waals surface area contributed by atoms with Gasteiger partial charge in [0.05, 0.1) is 12.7 Å². The van der Waals surface area contributed by atoms with Crippen LogP contribution in [0, 0.1) is 0 Å². The molecule has 2 rings (SSSR count). The first kappa shape index (κ1) is 21.5. The maximum atomic E-state index is 12.6. The maximum Gasteiger partial charge on any atom is 0.339 e. The second-order valence-corrected chi connectivity index (χ2v) is 7.38. The molecule has 2 aromatic carbocycles. The van der Waals surface area contributed by atoms with Crippen LogP contribution in [0.25, 0.3) is 0 Å². The van der Waals surface area contributed by atoms with Gasteiger partial charge in [0.2, 0.25) is 5.91 Å². The van der Waals surface area contributed by atoms with Crippen LogP contribution in [0.3, 0.4) is 0 Å². The van der Waals surface area contributed by atoms with Gasteiger partial charge in [-0.2, -0.15) is 0 Å². The molecule has 0 aliphatic rings. The fourth-order valence-electron chi connectivity index (χ4n) is 3.13. The maximum absolute atomic E-state index is 12.6. The number of benzene rings is 2. The number of hydrogen-bond acceptors (Lipinski definition) is 4. The molecule has 1 amide bonds. The molecule has 5 nitrogen and oxygen atoms in total. The van der Waals surface area contributed by atoms with E-state index in [1.54, 1.807) is 18.2 Å². The summed E-state index contributed by atoms with van der Waals surface area (Å²) in [6.07, 6.45) is 0.291. The molecule has 2 N–H and O–H groups in total. The molecule has 0 aliphatic heterocycles. The zero-order valence-electron chi connectivity index (χ0n) is 17.3. The highest BCUT2D eigenvalue weighted by atomic mass is 16.5. The molecule has 0 saturated carbocycles. The van der Waals surface area contributed by atoms with E-state index in [1.807, 2.05) is 12.1 Å². The zero-order chi connectivity index (χ0) is 20.7. The number of anilines is 2.